The molecule has 3 aliphatic carbocycles. The summed E-state index contributed by atoms with van der Waals surface area (Å²) in [5, 5.41) is -0.137. The van der Waals surface area contributed by atoms with Crippen LogP contribution in [0.4, 0.5) is 0 Å². The maximum Gasteiger partial charge on any atom is 0.322 e. The molecule has 9 nitrogen and oxygen atoms in total. The van der Waals surface area contributed by atoms with E-state index in [2.05, 4.69) is 63.4 Å². The number of esters is 4. The van der Waals surface area contributed by atoms with Crippen LogP contribution >= 0.6 is 71.5 Å². The van der Waals surface area contributed by atoms with Crippen LogP contribution in [0.15, 0.2) is 98.1 Å². The predicted molar refractivity (Wildman–Crippen MR) is 469 cm³/mol. The summed E-state index contributed by atoms with van der Waals surface area (Å²) in [6.07, 6.45) is 59.8. The van der Waals surface area contributed by atoms with Crippen LogP contribution < -0.4 is 0 Å². The summed E-state index contributed by atoms with van der Waals surface area (Å²) < 4.78 is 30.1. The fraction of sp³-hybridized carbons (Fsp3) is 0.739. The molecule has 6 rings (SSSR count). The Labute approximate surface area is 680 Å². The molecular formula is C92H146O9S6. The fourth-order valence-corrected chi connectivity index (χ4v) is 21.8. The molecule has 0 N–H and O–H groups in total. The molecule has 2 aromatic carbocycles. The van der Waals surface area contributed by atoms with Gasteiger partial charge in [-0.25, -0.2) is 0 Å². The minimum absolute atomic E-state index is 0.136. The number of unbranched alkanes of at least 4 members (excludes halogenated alkanes) is 32. The predicted octanol–water partition coefficient (Wildman–Crippen LogP) is 27.3. The molecule has 107 heavy (non-hydrogen) atoms. The zero-order valence-electron chi connectivity index (χ0n) is 67.7. The van der Waals surface area contributed by atoms with E-state index in [1.807, 2.05) is 76.2 Å². The number of thiocarbonyl (C=S) groups is 2. The smallest absolute Gasteiger partial charge is 0.322 e. The van der Waals surface area contributed by atoms with Crippen LogP contribution in [-0.2, 0) is 42.9 Å². The fourth-order valence-electron chi connectivity index (χ4n) is 16.0. The third kappa shape index (κ3) is 40.2. The topological polar surface area (TPSA) is 114 Å². The molecular weight excluding hydrogens is 1440 g/mol. The highest BCUT2D eigenvalue weighted by atomic mass is 32.2. The first-order valence-electron chi connectivity index (χ1n) is 43.0. The number of carbonyl (C=O) groups excluding carboxylic acids is 4. The number of carbonyl (C=O) groups is 4. The maximum atomic E-state index is 13.8. The molecule has 604 valence electrons. The molecule has 4 aliphatic rings. The van der Waals surface area contributed by atoms with Gasteiger partial charge in [0.2, 0.25) is 0 Å². The van der Waals surface area contributed by atoms with Gasteiger partial charge in [-0.15, -0.1) is 36.7 Å². The summed E-state index contributed by atoms with van der Waals surface area (Å²) in [5.41, 5.74) is 1.07. The van der Waals surface area contributed by atoms with Crippen molar-refractivity contribution in [3.05, 3.63) is 109 Å². The number of allylic oxidation sites excluding steroid dienone is 4. The first-order chi connectivity index (χ1) is 52.0. The summed E-state index contributed by atoms with van der Waals surface area (Å²) in [4.78, 5) is 53.9. The quantitative estimate of drug-likeness (QED) is 0.0156. The van der Waals surface area contributed by atoms with Crippen molar-refractivity contribution in [2.75, 3.05) is 51.1 Å². The lowest BCUT2D eigenvalue weighted by Gasteiger charge is -2.32. The first kappa shape index (κ1) is 94.8. The summed E-state index contributed by atoms with van der Waals surface area (Å²) in [6.45, 7) is 24.7. The molecule has 1 aliphatic heterocycles. The Balaban J connectivity index is 0.000000429. The van der Waals surface area contributed by atoms with Crippen LogP contribution in [0.1, 0.15) is 334 Å². The second-order valence-corrected chi connectivity index (χ2v) is 40.1. The van der Waals surface area contributed by atoms with Gasteiger partial charge in [-0.2, -0.15) is 0 Å². The van der Waals surface area contributed by atoms with Crippen LogP contribution in [-0.4, -0.2) is 86.8 Å². The minimum atomic E-state index is -0.903. The molecule has 1 saturated heterocycles. The van der Waals surface area contributed by atoms with E-state index in [4.69, 9.17) is 48.1 Å². The van der Waals surface area contributed by atoms with Gasteiger partial charge in [0.05, 0.1) is 30.5 Å². The molecule has 15 heteroatoms. The first-order valence-corrected chi connectivity index (χ1v) is 47.5. The zero-order valence-corrected chi connectivity index (χ0v) is 72.6. The van der Waals surface area contributed by atoms with E-state index in [1.165, 1.54) is 217 Å². The number of rotatable bonds is 61. The molecule has 2 bridgehead atoms. The summed E-state index contributed by atoms with van der Waals surface area (Å²) in [7, 11) is 0. The average molecular weight is 1590 g/mol. The van der Waals surface area contributed by atoms with Gasteiger partial charge >= 0.3 is 23.9 Å². The monoisotopic (exact) mass is 1590 g/mol. The molecule has 3 fully saturated rings. The molecule has 0 radical (unpaired) electrons. The highest BCUT2D eigenvalue weighted by Crippen LogP contribution is 2.50. The number of thioether (sulfide) groups is 4. The van der Waals surface area contributed by atoms with Crippen molar-refractivity contribution in [2.24, 2.45) is 52.8 Å². The van der Waals surface area contributed by atoms with Gasteiger partial charge < -0.3 is 23.7 Å². The van der Waals surface area contributed by atoms with Crippen LogP contribution in [0.2, 0.25) is 0 Å². The second kappa shape index (κ2) is 58.1. The highest BCUT2D eigenvalue weighted by molar-refractivity contribution is 8.48. The van der Waals surface area contributed by atoms with Gasteiger partial charge in [-0.05, 0) is 169 Å². The largest absolute Gasteiger partial charge is 0.465 e. The lowest BCUT2D eigenvalue weighted by Crippen LogP contribution is -2.34. The van der Waals surface area contributed by atoms with Crippen LogP contribution in [0.25, 0.3) is 0 Å². The van der Waals surface area contributed by atoms with E-state index in [1.54, 1.807) is 35.3 Å². The zero-order chi connectivity index (χ0) is 77.0. The van der Waals surface area contributed by atoms with E-state index in [0.29, 0.717) is 43.8 Å². The van der Waals surface area contributed by atoms with Gasteiger partial charge in [-0.1, -0.05) is 339 Å². The van der Waals surface area contributed by atoms with Gasteiger partial charge in [-0.3, -0.25) is 19.2 Å². The Hall–Kier alpha value is -2.76. The van der Waals surface area contributed by atoms with E-state index in [-0.39, 0.29) is 17.2 Å². The Morgan fingerprint density at radius 1 is 0.514 bits per heavy atom. The number of hydrogen-bond donors (Lipinski definition) is 0. The Bertz CT molecular complexity index is 2780. The summed E-state index contributed by atoms with van der Waals surface area (Å²) >= 11 is 18.1. The second-order valence-electron chi connectivity index (χ2n) is 32.6. The lowest BCUT2D eigenvalue weighted by molar-refractivity contribution is -0.157. The van der Waals surface area contributed by atoms with Crippen LogP contribution in [0.3, 0.4) is 0 Å². The number of ether oxygens (including phenoxy) is 5. The number of hydrogen-bond acceptors (Lipinski definition) is 15. The normalized spacial score (nSPS) is 20.2. The molecule has 10 atom stereocenters. The Kier molecular flexibility index (Phi) is 51.5. The number of benzene rings is 2. The Morgan fingerprint density at radius 3 is 1.43 bits per heavy atom. The summed E-state index contributed by atoms with van der Waals surface area (Å²) in [5.74, 6) is 2.91. The van der Waals surface area contributed by atoms with Gasteiger partial charge in [0.25, 0.3) is 0 Å². The average Bonchev–Trinajstić information content (AvgIpc) is 1.69. The van der Waals surface area contributed by atoms with Crippen molar-refractivity contribution in [3.8, 4) is 0 Å². The molecule has 0 aromatic heterocycles. The number of fused-ring (bicyclic) bond motifs is 2. The van der Waals surface area contributed by atoms with E-state index >= 15 is 0 Å². The van der Waals surface area contributed by atoms with Gasteiger partial charge in [0, 0.05) is 31.7 Å². The molecule has 0 spiro atoms. The third-order valence-electron chi connectivity index (χ3n) is 22.6. The van der Waals surface area contributed by atoms with E-state index in [9.17, 15) is 19.2 Å². The van der Waals surface area contributed by atoms with Crippen LogP contribution in [0, 0.1) is 52.8 Å². The van der Waals surface area contributed by atoms with Crippen molar-refractivity contribution in [2.45, 2.75) is 327 Å². The van der Waals surface area contributed by atoms with Crippen LogP contribution in [0.5, 0.6) is 0 Å². The van der Waals surface area contributed by atoms with Crippen molar-refractivity contribution in [1.29, 1.82) is 0 Å². The highest BCUT2D eigenvalue weighted by Gasteiger charge is 2.51. The Morgan fingerprint density at radius 2 is 0.963 bits per heavy atom. The van der Waals surface area contributed by atoms with Crippen molar-refractivity contribution < 1.29 is 42.9 Å². The maximum absolute atomic E-state index is 13.8. The standard InChI is InChI=1S/C57H84O6S3.C35H62O3S3/c1-6-9-10-11-12-13-16-19-22-31-38-65-56(64)66-51(47-34-27-24-28-35-47)41-49-52(54(59)63-53(49)58)50(46-32-25-23-26-33-46)42-57(4,5)55(60)62-37-30-21-18-15-14-17-20-29-36-61-43-48-40-44(7-2)39-45(48)8-3;1-4-5-6-7-8-9-12-15-18-21-26-40-34(39)41-35(2,3)33(36)38-25-20-17-14-11-10-13-16-19-24-37-29-32-28-30-22-23-31(32)27-30/h7-8,23-28,32-35,44-45,48-52H,2-3,6,9-22,29-31,36-43H2,1,4-5H3;22-23,30-32H,4-21,24-29H2,1-3H3. The van der Waals surface area contributed by atoms with Crippen molar-refractivity contribution >= 4 is 102 Å². The summed E-state index contributed by atoms with van der Waals surface area (Å²) in [6, 6.07) is 20.0. The molecule has 2 aromatic rings. The molecule has 2 saturated carbocycles. The van der Waals surface area contributed by atoms with Gasteiger partial charge in [0.1, 0.15) is 11.8 Å². The lowest BCUT2D eigenvalue weighted by atomic mass is 9.70. The molecule has 1 heterocycles. The van der Waals surface area contributed by atoms with Crippen molar-refractivity contribution in [1.82, 2.24) is 0 Å². The SMILES string of the molecule is C=CC1CC(C=C)C(COCCCCCCCCCCOC(=O)C(C)(C)CC(c2ccccc2)C2C(=O)OC(=O)C2CC(SC(=S)SCCCCCCCCCCCC)c2ccccc2)C1.CCCCCCCCCCCCSC(=S)SC(C)(C)C(=O)OCCCCCCCCCCOCC1CC2C=CC1C2. The van der Waals surface area contributed by atoms with E-state index in [0.717, 1.165) is 125 Å². The minimum Gasteiger partial charge on any atom is -0.465 e. The van der Waals surface area contributed by atoms with Gasteiger partial charge in [0.15, 0.2) is 0 Å². The third-order valence-corrected chi connectivity index (χ3v) is 28.4. The number of cyclic esters (lactones) is 2. The molecule has 10 unspecified atom stereocenters. The van der Waals surface area contributed by atoms with Crippen molar-refractivity contribution in [3.63, 3.8) is 0 Å². The molecule has 0 amide bonds. The van der Waals surface area contributed by atoms with E-state index < -0.39 is 39.9 Å².